The van der Waals surface area contributed by atoms with Gasteiger partial charge in [0.2, 0.25) is 5.16 Å². The minimum absolute atomic E-state index is 0.0471. The number of benzene rings is 2. The van der Waals surface area contributed by atoms with Gasteiger partial charge in [-0.15, -0.1) is 10.2 Å². The molecule has 0 amide bonds. The van der Waals surface area contributed by atoms with Crippen molar-refractivity contribution >= 4 is 17.5 Å². The number of nitrogens with zero attached hydrogens (tertiary/aromatic N) is 3. The molecule has 0 radical (unpaired) electrons. The predicted octanol–water partition coefficient (Wildman–Crippen LogP) is 3.24. The lowest BCUT2D eigenvalue weighted by Crippen LogP contribution is -2.39. The van der Waals surface area contributed by atoms with Gasteiger partial charge in [0.25, 0.3) is 0 Å². The molecular weight excluding hydrogens is 348 g/mol. The molecule has 7 heteroatoms. The van der Waals surface area contributed by atoms with Crippen LogP contribution in [0.25, 0.3) is 0 Å². The number of ether oxygens (including phenoxy) is 1. The molecule has 1 aliphatic heterocycles. The summed E-state index contributed by atoms with van der Waals surface area (Å²) in [4.78, 5) is 13.2. The Labute approximate surface area is 155 Å². The largest absolute Gasteiger partial charge is 0.497 e. The maximum Gasteiger partial charge on any atom is 0.210 e. The lowest BCUT2D eigenvalue weighted by atomic mass is 9.97. The first kappa shape index (κ1) is 16.7. The molecule has 132 valence electrons. The van der Waals surface area contributed by atoms with Crippen LogP contribution in [0.15, 0.2) is 59.8 Å². The number of methoxy groups -OCH3 is 1. The summed E-state index contributed by atoms with van der Waals surface area (Å²) in [6, 6.07) is 17.0. The highest BCUT2D eigenvalue weighted by Crippen LogP contribution is 2.38. The predicted molar refractivity (Wildman–Crippen MR) is 100 cm³/mol. The number of hydrogen-bond donors (Lipinski definition) is 1. The van der Waals surface area contributed by atoms with Crippen LogP contribution >= 0.6 is 11.8 Å². The van der Waals surface area contributed by atoms with Crippen molar-refractivity contribution in [1.29, 1.82) is 0 Å². The van der Waals surface area contributed by atoms with E-state index in [4.69, 9.17) is 4.74 Å². The number of fused-ring (bicyclic) bond motifs is 1. The zero-order chi connectivity index (χ0) is 18.1. The van der Waals surface area contributed by atoms with Gasteiger partial charge in [0.15, 0.2) is 5.78 Å². The van der Waals surface area contributed by atoms with Gasteiger partial charge in [0.1, 0.15) is 16.8 Å². The van der Waals surface area contributed by atoms with Crippen LogP contribution < -0.4 is 10.2 Å². The Kier molecular flexibility index (Phi) is 4.38. The van der Waals surface area contributed by atoms with Crippen molar-refractivity contribution in [2.24, 2.45) is 0 Å². The fourth-order valence-electron chi connectivity index (χ4n) is 2.99. The first-order chi connectivity index (χ1) is 12.7. The fraction of sp³-hybridized carbons (Fsp3) is 0.211. The van der Waals surface area contributed by atoms with E-state index in [9.17, 15) is 4.79 Å². The molecule has 26 heavy (non-hydrogen) atoms. The molecule has 2 heterocycles. The van der Waals surface area contributed by atoms with E-state index in [-0.39, 0.29) is 17.1 Å². The average Bonchev–Trinajstić information content (AvgIpc) is 3.07. The Morgan fingerprint density at radius 3 is 2.54 bits per heavy atom. The average molecular weight is 366 g/mol. The fourth-order valence-corrected chi connectivity index (χ4v) is 4.19. The summed E-state index contributed by atoms with van der Waals surface area (Å²) in [6.45, 7) is 1.89. The maximum atomic E-state index is 13.2. The second-order valence-corrected chi connectivity index (χ2v) is 7.12. The van der Waals surface area contributed by atoms with Crippen LogP contribution in [0.1, 0.15) is 27.8 Å². The number of thioether (sulfide) groups is 1. The third-order valence-electron chi connectivity index (χ3n) is 4.39. The quantitative estimate of drug-likeness (QED) is 0.715. The molecule has 0 fully saturated rings. The molecule has 0 saturated carbocycles. The molecule has 2 atom stereocenters. The number of Topliss-reactive ketones (excluding diaryl/α,β-unsaturated/α-hetero) is 1. The number of ketones is 1. The van der Waals surface area contributed by atoms with Crippen molar-refractivity contribution in [1.82, 2.24) is 14.9 Å². The van der Waals surface area contributed by atoms with E-state index in [1.807, 2.05) is 41.9 Å². The van der Waals surface area contributed by atoms with E-state index < -0.39 is 0 Å². The third-order valence-corrected chi connectivity index (χ3v) is 5.61. The van der Waals surface area contributed by atoms with E-state index in [2.05, 4.69) is 15.6 Å². The van der Waals surface area contributed by atoms with Gasteiger partial charge in [-0.1, -0.05) is 42.1 Å². The zero-order valence-corrected chi connectivity index (χ0v) is 15.2. The summed E-state index contributed by atoms with van der Waals surface area (Å²) in [7, 11) is 1.61. The molecule has 0 aliphatic carbocycles. The summed E-state index contributed by atoms with van der Waals surface area (Å²) in [6.07, 6.45) is 0. The first-order valence-corrected chi connectivity index (χ1v) is 9.14. The van der Waals surface area contributed by atoms with Crippen molar-refractivity contribution in [2.75, 3.05) is 12.5 Å². The third kappa shape index (κ3) is 2.94. The number of aromatic nitrogens is 3. The van der Waals surface area contributed by atoms with Gasteiger partial charge in [-0.2, -0.15) is 0 Å². The maximum absolute atomic E-state index is 13.2. The van der Waals surface area contributed by atoms with Crippen LogP contribution in [0.5, 0.6) is 5.75 Å². The highest BCUT2D eigenvalue weighted by molar-refractivity contribution is 8.00. The monoisotopic (exact) mass is 366 g/mol. The summed E-state index contributed by atoms with van der Waals surface area (Å²) < 4.78 is 7.03. The van der Waals surface area contributed by atoms with Crippen LogP contribution in [0.3, 0.4) is 0 Å². The summed E-state index contributed by atoms with van der Waals surface area (Å²) in [5.41, 5.74) is 5.11. The number of nitrogens with one attached hydrogen (secondary N) is 1. The number of aryl methyl sites for hydroxylation is 1. The Morgan fingerprint density at radius 2 is 1.85 bits per heavy atom. The smallest absolute Gasteiger partial charge is 0.210 e. The van der Waals surface area contributed by atoms with E-state index in [1.54, 1.807) is 31.4 Å². The molecular formula is C19H18N4O2S. The minimum atomic E-state index is -0.345. The molecule has 6 nitrogen and oxygen atoms in total. The second kappa shape index (κ2) is 6.84. The van der Waals surface area contributed by atoms with Crippen molar-refractivity contribution in [3.8, 4) is 5.75 Å². The van der Waals surface area contributed by atoms with E-state index >= 15 is 0 Å². The highest BCUT2D eigenvalue weighted by Gasteiger charge is 2.37. The lowest BCUT2D eigenvalue weighted by Gasteiger charge is -2.32. The molecule has 4 rings (SSSR count). The summed E-state index contributed by atoms with van der Waals surface area (Å²) in [5, 5.41) is 8.65. The topological polar surface area (TPSA) is 69.0 Å². The molecule has 3 aromatic rings. The SMILES string of the molecule is COc1ccc(C(=O)C2Sc3nnc(C)n3NC2c2ccccc2)cc1. The molecule has 1 aliphatic rings. The molecule has 1 N–H and O–H groups in total. The Balaban J connectivity index is 1.72. The van der Waals surface area contributed by atoms with Crippen molar-refractivity contribution < 1.29 is 9.53 Å². The summed E-state index contributed by atoms with van der Waals surface area (Å²) in [5.74, 6) is 1.54. The molecule has 0 spiro atoms. The van der Waals surface area contributed by atoms with Gasteiger partial charge >= 0.3 is 0 Å². The highest BCUT2D eigenvalue weighted by atomic mass is 32.2. The van der Waals surface area contributed by atoms with Gasteiger partial charge in [-0.3, -0.25) is 4.79 Å². The van der Waals surface area contributed by atoms with Crippen LogP contribution in [0, 0.1) is 6.92 Å². The summed E-state index contributed by atoms with van der Waals surface area (Å²) >= 11 is 1.44. The van der Waals surface area contributed by atoms with Crippen LogP contribution in [0.4, 0.5) is 0 Å². The van der Waals surface area contributed by atoms with E-state index in [0.29, 0.717) is 10.7 Å². The van der Waals surface area contributed by atoms with Gasteiger partial charge in [-0.05, 0) is 36.8 Å². The van der Waals surface area contributed by atoms with Gasteiger partial charge in [-0.25, -0.2) is 4.68 Å². The van der Waals surface area contributed by atoms with Crippen molar-refractivity contribution in [2.45, 2.75) is 23.4 Å². The first-order valence-electron chi connectivity index (χ1n) is 8.26. The zero-order valence-electron chi connectivity index (χ0n) is 14.4. The van der Waals surface area contributed by atoms with Gasteiger partial charge in [0.05, 0.1) is 13.2 Å². The number of carbonyl (C=O) groups excluding carboxylic acids is 1. The van der Waals surface area contributed by atoms with E-state index in [1.165, 1.54) is 11.8 Å². The molecule has 2 aromatic carbocycles. The van der Waals surface area contributed by atoms with Crippen molar-refractivity contribution in [3.05, 3.63) is 71.5 Å². The van der Waals surface area contributed by atoms with Crippen molar-refractivity contribution in [3.63, 3.8) is 0 Å². The number of hydrogen-bond acceptors (Lipinski definition) is 6. The Morgan fingerprint density at radius 1 is 1.12 bits per heavy atom. The standard InChI is InChI=1S/C19H18N4O2S/c1-12-20-21-19-23(12)22-16(13-6-4-3-5-7-13)18(26-19)17(24)14-8-10-15(25-2)11-9-14/h3-11,16,18,22H,1-2H3. The van der Waals surface area contributed by atoms with E-state index in [0.717, 1.165) is 17.1 Å². The van der Waals surface area contributed by atoms with Crippen LogP contribution in [-0.2, 0) is 0 Å². The number of carbonyl (C=O) groups is 1. The van der Waals surface area contributed by atoms with Crippen LogP contribution in [-0.4, -0.2) is 33.0 Å². The van der Waals surface area contributed by atoms with Gasteiger partial charge < -0.3 is 10.2 Å². The lowest BCUT2D eigenvalue weighted by molar-refractivity contribution is 0.0980. The van der Waals surface area contributed by atoms with Crippen LogP contribution in [0.2, 0.25) is 0 Å². The molecule has 0 bridgehead atoms. The van der Waals surface area contributed by atoms with Gasteiger partial charge in [0, 0.05) is 5.56 Å². The molecule has 2 unspecified atom stereocenters. The minimum Gasteiger partial charge on any atom is -0.497 e. The number of rotatable bonds is 4. The second-order valence-electron chi connectivity index (χ2n) is 6.01. The molecule has 1 aromatic heterocycles. The molecule has 0 saturated heterocycles. The Hall–Kier alpha value is -2.80. The Bertz CT molecular complexity index is 924. The normalized spacial score (nSPS) is 18.7.